The minimum atomic E-state index is -0.198. The van der Waals surface area contributed by atoms with Crippen molar-refractivity contribution in [3.63, 3.8) is 0 Å². The number of hydrogen-bond acceptors (Lipinski definition) is 6. The summed E-state index contributed by atoms with van der Waals surface area (Å²) in [6.07, 6.45) is 0.919. The standard InChI is InChI=1S/C20H21N3O3S/c1-4-11-26-16-10-9-14(12-17(16)25-3)18-21-20(27-23-18)22-19(24)15-8-6-5-7-13(15)2/h5-10,12H,4,11H2,1-3H3,(H,21,22,23,24). The summed E-state index contributed by atoms with van der Waals surface area (Å²) in [5.74, 6) is 1.64. The van der Waals surface area contributed by atoms with Gasteiger partial charge in [-0.25, -0.2) is 0 Å². The number of rotatable bonds is 7. The van der Waals surface area contributed by atoms with Crippen LogP contribution in [0.25, 0.3) is 11.4 Å². The van der Waals surface area contributed by atoms with Gasteiger partial charge in [-0.15, -0.1) is 0 Å². The quantitative estimate of drug-likeness (QED) is 0.647. The molecule has 0 spiro atoms. The van der Waals surface area contributed by atoms with Crippen LogP contribution in [0.2, 0.25) is 0 Å². The molecule has 0 aliphatic carbocycles. The summed E-state index contributed by atoms with van der Waals surface area (Å²) in [6.45, 7) is 4.57. The highest BCUT2D eigenvalue weighted by Crippen LogP contribution is 2.32. The Balaban J connectivity index is 1.77. The predicted molar refractivity (Wildman–Crippen MR) is 107 cm³/mol. The van der Waals surface area contributed by atoms with Crippen molar-refractivity contribution in [3.8, 4) is 22.9 Å². The number of carbonyl (C=O) groups is 1. The summed E-state index contributed by atoms with van der Waals surface area (Å²) in [5.41, 5.74) is 2.32. The van der Waals surface area contributed by atoms with E-state index in [1.54, 1.807) is 13.2 Å². The second-order valence-corrected chi connectivity index (χ2v) is 6.66. The van der Waals surface area contributed by atoms with Crippen molar-refractivity contribution in [1.29, 1.82) is 0 Å². The van der Waals surface area contributed by atoms with Gasteiger partial charge in [-0.05, 0) is 43.2 Å². The molecule has 6 nitrogen and oxygen atoms in total. The molecule has 0 saturated heterocycles. The number of benzene rings is 2. The number of amides is 1. The molecule has 0 atom stereocenters. The Morgan fingerprint density at radius 1 is 1.19 bits per heavy atom. The molecule has 0 radical (unpaired) electrons. The van der Waals surface area contributed by atoms with E-state index in [2.05, 4.69) is 14.7 Å². The first-order valence-corrected chi connectivity index (χ1v) is 9.41. The minimum absolute atomic E-state index is 0.198. The highest BCUT2D eigenvalue weighted by Gasteiger charge is 2.14. The van der Waals surface area contributed by atoms with Gasteiger partial charge in [-0.3, -0.25) is 10.1 Å². The fourth-order valence-corrected chi connectivity index (χ4v) is 3.11. The number of aromatic nitrogens is 2. The van der Waals surface area contributed by atoms with Gasteiger partial charge in [0.05, 0.1) is 13.7 Å². The summed E-state index contributed by atoms with van der Waals surface area (Å²) in [7, 11) is 1.60. The molecule has 0 aliphatic rings. The third kappa shape index (κ3) is 4.43. The van der Waals surface area contributed by atoms with Gasteiger partial charge >= 0.3 is 0 Å². The maximum absolute atomic E-state index is 12.4. The molecule has 3 aromatic rings. The lowest BCUT2D eigenvalue weighted by Crippen LogP contribution is -2.12. The number of hydrogen-bond donors (Lipinski definition) is 1. The number of nitrogens with zero attached hydrogens (tertiary/aromatic N) is 2. The average Bonchev–Trinajstić information content (AvgIpc) is 3.15. The second-order valence-electron chi connectivity index (χ2n) is 5.91. The molecule has 0 unspecified atom stereocenters. The van der Waals surface area contributed by atoms with Crippen LogP contribution in [0, 0.1) is 6.92 Å². The van der Waals surface area contributed by atoms with E-state index in [-0.39, 0.29) is 5.91 Å². The van der Waals surface area contributed by atoms with Crippen molar-refractivity contribution in [2.24, 2.45) is 0 Å². The molecule has 1 aromatic heterocycles. The van der Waals surface area contributed by atoms with Crippen LogP contribution < -0.4 is 14.8 Å². The topological polar surface area (TPSA) is 73.3 Å². The molecule has 1 amide bonds. The van der Waals surface area contributed by atoms with Gasteiger partial charge in [-0.2, -0.15) is 9.36 Å². The summed E-state index contributed by atoms with van der Waals surface area (Å²) in [4.78, 5) is 16.8. The highest BCUT2D eigenvalue weighted by atomic mass is 32.1. The van der Waals surface area contributed by atoms with Gasteiger partial charge in [0.15, 0.2) is 17.3 Å². The lowest BCUT2D eigenvalue weighted by molar-refractivity contribution is 0.102. The van der Waals surface area contributed by atoms with Crippen molar-refractivity contribution < 1.29 is 14.3 Å². The maximum atomic E-state index is 12.4. The number of aryl methyl sites for hydroxylation is 1. The lowest BCUT2D eigenvalue weighted by atomic mass is 10.1. The van der Waals surface area contributed by atoms with Crippen molar-refractivity contribution in [2.45, 2.75) is 20.3 Å². The van der Waals surface area contributed by atoms with E-state index < -0.39 is 0 Å². The normalized spacial score (nSPS) is 10.5. The Morgan fingerprint density at radius 3 is 2.74 bits per heavy atom. The first kappa shape index (κ1) is 18.8. The first-order chi connectivity index (χ1) is 13.1. The van der Waals surface area contributed by atoms with Gasteiger partial charge in [0.1, 0.15) is 0 Å². The van der Waals surface area contributed by atoms with Gasteiger partial charge in [0.2, 0.25) is 5.13 Å². The van der Waals surface area contributed by atoms with E-state index in [9.17, 15) is 4.79 Å². The Bertz CT molecular complexity index is 940. The molecule has 3 rings (SSSR count). The molecule has 0 bridgehead atoms. The Labute approximate surface area is 162 Å². The van der Waals surface area contributed by atoms with Gasteiger partial charge in [0, 0.05) is 22.7 Å². The smallest absolute Gasteiger partial charge is 0.257 e. The Morgan fingerprint density at radius 2 is 2.00 bits per heavy atom. The van der Waals surface area contributed by atoms with E-state index in [0.717, 1.165) is 29.1 Å². The lowest BCUT2D eigenvalue weighted by Gasteiger charge is -2.10. The van der Waals surface area contributed by atoms with Gasteiger partial charge in [0.25, 0.3) is 5.91 Å². The van der Waals surface area contributed by atoms with Crippen LogP contribution in [0.4, 0.5) is 5.13 Å². The van der Waals surface area contributed by atoms with E-state index in [4.69, 9.17) is 9.47 Å². The number of ether oxygens (including phenoxy) is 2. The summed E-state index contributed by atoms with van der Waals surface area (Å²) >= 11 is 1.14. The SMILES string of the molecule is CCCOc1ccc(-c2nsc(NC(=O)c3ccccc3C)n2)cc1OC. The van der Waals surface area contributed by atoms with Crippen molar-refractivity contribution >= 4 is 22.6 Å². The van der Waals surface area contributed by atoms with E-state index in [1.165, 1.54) is 0 Å². The predicted octanol–water partition coefficient (Wildman–Crippen LogP) is 4.56. The molecular weight excluding hydrogens is 362 g/mol. The third-order valence-electron chi connectivity index (χ3n) is 3.92. The van der Waals surface area contributed by atoms with Crippen LogP contribution in [0.3, 0.4) is 0 Å². The maximum Gasteiger partial charge on any atom is 0.257 e. The van der Waals surface area contributed by atoms with E-state index in [0.29, 0.717) is 34.6 Å². The van der Waals surface area contributed by atoms with Crippen molar-refractivity contribution in [2.75, 3.05) is 19.0 Å². The molecule has 7 heteroatoms. The molecule has 0 saturated carbocycles. The van der Waals surface area contributed by atoms with E-state index in [1.807, 2.05) is 50.2 Å². The minimum Gasteiger partial charge on any atom is -0.493 e. The fraction of sp³-hybridized carbons (Fsp3) is 0.250. The number of anilines is 1. The van der Waals surface area contributed by atoms with E-state index >= 15 is 0 Å². The molecule has 0 aliphatic heterocycles. The molecule has 0 fully saturated rings. The molecule has 1 heterocycles. The largest absolute Gasteiger partial charge is 0.493 e. The number of methoxy groups -OCH3 is 1. The van der Waals surface area contributed by atoms with Crippen molar-refractivity contribution in [1.82, 2.24) is 9.36 Å². The number of carbonyl (C=O) groups excluding carboxylic acids is 1. The Hall–Kier alpha value is -2.93. The van der Waals surface area contributed by atoms with Gasteiger partial charge in [-0.1, -0.05) is 25.1 Å². The molecule has 2 aromatic carbocycles. The summed E-state index contributed by atoms with van der Waals surface area (Å²) < 4.78 is 15.4. The van der Waals surface area contributed by atoms with Crippen LogP contribution in [0.15, 0.2) is 42.5 Å². The average molecular weight is 383 g/mol. The fourth-order valence-electron chi connectivity index (χ4n) is 2.52. The van der Waals surface area contributed by atoms with Crippen LogP contribution in [-0.2, 0) is 0 Å². The molecular formula is C20H21N3O3S. The zero-order chi connectivity index (χ0) is 19.2. The zero-order valence-corrected chi connectivity index (χ0v) is 16.3. The summed E-state index contributed by atoms with van der Waals surface area (Å²) in [6, 6.07) is 13.0. The second kappa shape index (κ2) is 8.64. The van der Waals surface area contributed by atoms with Crippen molar-refractivity contribution in [3.05, 3.63) is 53.6 Å². The van der Waals surface area contributed by atoms with Crippen LogP contribution in [0.1, 0.15) is 29.3 Å². The van der Waals surface area contributed by atoms with Crippen LogP contribution >= 0.6 is 11.5 Å². The number of nitrogens with one attached hydrogen (secondary N) is 1. The highest BCUT2D eigenvalue weighted by molar-refractivity contribution is 7.10. The summed E-state index contributed by atoms with van der Waals surface area (Å²) in [5, 5.41) is 3.25. The monoisotopic (exact) mass is 383 g/mol. The molecule has 27 heavy (non-hydrogen) atoms. The van der Waals surface area contributed by atoms with Gasteiger partial charge < -0.3 is 9.47 Å². The zero-order valence-electron chi connectivity index (χ0n) is 15.5. The Kier molecular flexibility index (Phi) is 6.03. The van der Waals surface area contributed by atoms with Crippen LogP contribution in [0.5, 0.6) is 11.5 Å². The molecule has 140 valence electrons. The van der Waals surface area contributed by atoms with Crippen LogP contribution in [-0.4, -0.2) is 29.0 Å². The third-order valence-corrected chi connectivity index (χ3v) is 4.55. The molecule has 1 N–H and O–H groups in total. The first-order valence-electron chi connectivity index (χ1n) is 8.64.